The van der Waals surface area contributed by atoms with Crippen molar-refractivity contribution in [3.63, 3.8) is 0 Å². The van der Waals surface area contributed by atoms with Gasteiger partial charge in [-0.25, -0.2) is 0 Å². The monoisotopic (exact) mass is 341 g/mol. The predicted octanol–water partition coefficient (Wildman–Crippen LogP) is 5.85. The van der Waals surface area contributed by atoms with Crippen LogP contribution in [-0.2, 0) is 0 Å². The molecule has 0 saturated carbocycles. The van der Waals surface area contributed by atoms with Gasteiger partial charge in [0, 0.05) is 11.6 Å². The Morgan fingerprint density at radius 1 is 0.885 bits per heavy atom. The number of hydrogen-bond acceptors (Lipinski definition) is 2. The van der Waals surface area contributed by atoms with Gasteiger partial charge in [-0.3, -0.25) is 4.90 Å². The zero-order valence-electron chi connectivity index (χ0n) is 15.0. The zero-order valence-corrected chi connectivity index (χ0v) is 15.0. The van der Waals surface area contributed by atoms with Crippen molar-refractivity contribution in [1.82, 2.24) is 4.90 Å². The van der Waals surface area contributed by atoms with E-state index in [-0.39, 0.29) is 12.1 Å². The zero-order chi connectivity index (χ0) is 17.8. The first kappa shape index (κ1) is 16.6. The van der Waals surface area contributed by atoms with E-state index in [0.29, 0.717) is 6.73 Å². The third-order valence-corrected chi connectivity index (χ3v) is 5.01. The SMILES string of the molecule is C[C@H](c1ccccc1)N1COc2ccccc2[C@@H]1/C=C/c1ccccc1. The van der Waals surface area contributed by atoms with Gasteiger partial charge < -0.3 is 4.74 Å². The molecular formula is C24H23NO. The Hall–Kier alpha value is -2.84. The van der Waals surface area contributed by atoms with Gasteiger partial charge in [0.1, 0.15) is 12.5 Å². The van der Waals surface area contributed by atoms with E-state index in [2.05, 4.69) is 96.8 Å². The maximum absolute atomic E-state index is 6.05. The van der Waals surface area contributed by atoms with Crippen molar-refractivity contribution in [1.29, 1.82) is 0 Å². The smallest absolute Gasteiger partial charge is 0.143 e. The molecule has 3 aromatic rings. The Morgan fingerprint density at radius 3 is 2.31 bits per heavy atom. The highest BCUT2D eigenvalue weighted by molar-refractivity contribution is 5.52. The topological polar surface area (TPSA) is 12.5 Å². The molecule has 0 N–H and O–H groups in total. The fourth-order valence-corrected chi connectivity index (χ4v) is 3.52. The maximum Gasteiger partial charge on any atom is 0.143 e. The fraction of sp³-hybridized carbons (Fsp3) is 0.167. The molecule has 0 aliphatic carbocycles. The van der Waals surface area contributed by atoms with Gasteiger partial charge in [0.2, 0.25) is 0 Å². The van der Waals surface area contributed by atoms with E-state index in [1.165, 1.54) is 16.7 Å². The second kappa shape index (κ2) is 7.59. The Bertz CT molecular complexity index is 873. The summed E-state index contributed by atoms with van der Waals surface area (Å²) in [5, 5.41) is 0. The number of para-hydroxylation sites is 1. The van der Waals surface area contributed by atoms with Crippen LogP contribution >= 0.6 is 0 Å². The summed E-state index contributed by atoms with van der Waals surface area (Å²) >= 11 is 0. The van der Waals surface area contributed by atoms with Gasteiger partial charge in [-0.2, -0.15) is 0 Å². The van der Waals surface area contributed by atoms with Gasteiger partial charge in [0.15, 0.2) is 0 Å². The van der Waals surface area contributed by atoms with Crippen molar-refractivity contribution < 1.29 is 4.74 Å². The quantitative estimate of drug-likeness (QED) is 0.590. The van der Waals surface area contributed by atoms with E-state index in [9.17, 15) is 0 Å². The molecule has 2 nitrogen and oxygen atoms in total. The standard InChI is InChI=1S/C24H23NO/c1-19(21-12-6-3-7-13-21)25-18-26-24-15-9-8-14-22(24)23(25)17-16-20-10-4-2-5-11-20/h2-17,19,23H,18H2,1H3/b17-16+/t19-,23+/m1/s1. The third-order valence-electron chi connectivity index (χ3n) is 5.01. The summed E-state index contributed by atoms with van der Waals surface area (Å²) < 4.78 is 6.05. The first-order valence-electron chi connectivity index (χ1n) is 9.08. The molecule has 2 heteroatoms. The Balaban J connectivity index is 1.70. The van der Waals surface area contributed by atoms with Crippen LogP contribution in [0.3, 0.4) is 0 Å². The molecule has 26 heavy (non-hydrogen) atoms. The van der Waals surface area contributed by atoms with Crippen molar-refractivity contribution >= 4 is 6.08 Å². The number of hydrogen-bond donors (Lipinski definition) is 0. The van der Waals surface area contributed by atoms with E-state index < -0.39 is 0 Å². The summed E-state index contributed by atoms with van der Waals surface area (Å²) in [7, 11) is 0. The number of fused-ring (bicyclic) bond motifs is 1. The molecular weight excluding hydrogens is 318 g/mol. The molecule has 2 atom stereocenters. The second-order valence-corrected chi connectivity index (χ2v) is 6.63. The van der Waals surface area contributed by atoms with Crippen LogP contribution in [0.25, 0.3) is 6.08 Å². The number of rotatable bonds is 4. The third kappa shape index (κ3) is 3.42. The van der Waals surface area contributed by atoms with Gasteiger partial charge in [-0.05, 0) is 24.1 Å². The Labute approximate surface area is 155 Å². The van der Waals surface area contributed by atoms with Crippen LogP contribution in [0, 0.1) is 0 Å². The van der Waals surface area contributed by atoms with E-state index in [1.54, 1.807) is 0 Å². The minimum atomic E-state index is 0.176. The second-order valence-electron chi connectivity index (χ2n) is 6.63. The van der Waals surface area contributed by atoms with Gasteiger partial charge in [0.25, 0.3) is 0 Å². The fourth-order valence-electron chi connectivity index (χ4n) is 3.52. The molecule has 0 amide bonds. The van der Waals surface area contributed by atoms with Crippen molar-refractivity contribution in [3.05, 3.63) is 108 Å². The molecule has 0 spiro atoms. The van der Waals surface area contributed by atoms with Gasteiger partial charge >= 0.3 is 0 Å². The maximum atomic E-state index is 6.05. The summed E-state index contributed by atoms with van der Waals surface area (Å²) in [5.41, 5.74) is 3.73. The van der Waals surface area contributed by atoms with Gasteiger partial charge in [0.05, 0.1) is 6.04 Å². The molecule has 0 saturated heterocycles. The summed E-state index contributed by atoms with van der Waals surface area (Å²) in [4.78, 5) is 2.40. The molecule has 0 fully saturated rings. The molecule has 0 aromatic heterocycles. The Kier molecular flexibility index (Phi) is 4.85. The summed E-state index contributed by atoms with van der Waals surface area (Å²) in [6, 6.07) is 29.9. The van der Waals surface area contributed by atoms with Gasteiger partial charge in [-0.15, -0.1) is 0 Å². The van der Waals surface area contributed by atoms with E-state index >= 15 is 0 Å². The lowest BCUT2D eigenvalue weighted by Gasteiger charge is -2.39. The average molecular weight is 341 g/mol. The highest BCUT2D eigenvalue weighted by Crippen LogP contribution is 2.39. The van der Waals surface area contributed by atoms with Crippen LogP contribution in [0.4, 0.5) is 0 Å². The summed E-state index contributed by atoms with van der Waals surface area (Å²) in [6.45, 7) is 2.83. The number of nitrogens with zero attached hydrogens (tertiary/aromatic N) is 1. The number of ether oxygens (including phenoxy) is 1. The van der Waals surface area contributed by atoms with Crippen LogP contribution in [0.2, 0.25) is 0 Å². The average Bonchev–Trinajstić information content (AvgIpc) is 2.73. The van der Waals surface area contributed by atoms with Crippen molar-refractivity contribution in [2.75, 3.05) is 6.73 Å². The van der Waals surface area contributed by atoms with Crippen molar-refractivity contribution in [2.45, 2.75) is 19.0 Å². The first-order chi connectivity index (χ1) is 12.8. The molecule has 0 bridgehead atoms. The van der Waals surface area contributed by atoms with E-state index in [0.717, 1.165) is 5.75 Å². The minimum Gasteiger partial charge on any atom is -0.478 e. The van der Waals surface area contributed by atoms with Crippen LogP contribution < -0.4 is 4.74 Å². The van der Waals surface area contributed by atoms with Crippen molar-refractivity contribution in [2.24, 2.45) is 0 Å². The molecule has 1 aliphatic rings. The first-order valence-corrected chi connectivity index (χ1v) is 9.08. The lowest BCUT2D eigenvalue weighted by Crippen LogP contribution is -2.37. The van der Waals surface area contributed by atoms with Crippen LogP contribution in [0.5, 0.6) is 5.75 Å². The summed E-state index contributed by atoms with van der Waals surface area (Å²) in [5.74, 6) is 0.978. The Morgan fingerprint density at radius 2 is 1.54 bits per heavy atom. The summed E-state index contributed by atoms with van der Waals surface area (Å²) in [6.07, 6.45) is 4.49. The molecule has 3 aromatic carbocycles. The number of benzene rings is 3. The van der Waals surface area contributed by atoms with Crippen molar-refractivity contribution in [3.8, 4) is 5.75 Å². The highest BCUT2D eigenvalue weighted by atomic mass is 16.5. The lowest BCUT2D eigenvalue weighted by molar-refractivity contribution is 0.0432. The van der Waals surface area contributed by atoms with E-state index in [1.807, 2.05) is 12.1 Å². The molecule has 1 heterocycles. The van der Waals surface area contributed by atoms with Crippen LogP contribution in [0.1, 0.15) is 35.7 Å². The molecule has 1 aliphatic heterocycles. The highest BCUT2D eigenvalue weighted by Gasteiger charge is 2.30. The normalized spacial score (nSPS) is 18.3. The van der Waals surface area contributed by atoms with Crippen LogP contribution in [-0.4, -0.2) is 11.6 Å². The van der Waals surface area contributed by atoms with Crippen LogP contribution in [0.15, 0.2) is 91.0 Å². The van der Waals surface area contributed by atoms with Gasteiger partial charge in [-0.1, -0.05) is 91.0 Å². The minimum absolute atomic E-state index is 0.176. The lowest BCUT2D eigenvalue weighted by atomic mass is 9.97. The molecule has 0 radical (unpaired) electrons. The predicted molar refractivity (Wildman–Crippen MR) is 107 cm³/mol. The molecule has 130 valence electrons. The van der Waals surface area contributed by atoms with E-state index in [4.69, 9.17) is 4.74 Å². The largest absolute Gasteiger partial charge is 0.478 e. The molecule has 4 rings (SSSR count). The molecule has 0 unspecified atom stereocenters.